The number of para-hydroxylation sites is 2. The molecule has 1 fully saturated rings. The number of hydrogen-bond donors (Lipinski definition) is 3. The molecule has 154 valence electrons. The molecule has 2 atom stereocenters. The smallest absolute Gasteiger partial charge is 0.191 e. The second-order valence-electron chi connectivity index (χ2n) is 6.50. The highest BCUT2D eigenvalue weighted by Crippen LogP contribution is 2.30. The van der Waals surface area contributed by atoms with Crippen molar-refractivity contribution in [2.45, 2.75) is 25.5 Å². The highest BCUT2D eigenvalue weighted by Gasteiger charge is 2.25. The van der Waals surface area contributed by atoms with Crippen molar-refractivity contribution in [1.82, 2.24) is 10.6 Å². The van der Waals surface area contributed by atoms with Crippen molar-refractivity contribution >= 4 is 35.6 Å². The molecule has 0 spiro atoms. The van der Waals surface area contributed by atoms with Gasteiger partial charge < -0.3 is 29.8 Å². The SMILES string of the molecule is CCNC(=NCC(O)c1ccco1)NC1CCN(c2ccccc2OC)C1.I. The number of aliphatic hydroxyl groups is 1. The molecule has 1 aliphatic rings. The van der Waals surface area contributed by atoms with Crippen LogP contribution in [0.1, 0.15) is 25.2 Å². The van der Waals surface area contributed by atoms with Crippen LogP contribution in [-0.2, 0) is 0 Å². The summed E-state index contributed by atoms with van der Waals surface area (Å²) in [5.74, 6) is 2.12. The van der Waals surface area contributed by atoms with Crippen molar-refractivity contribution in [2.24, 2.45) is 4.99 Å². The number of aliphatic imine (C=N–C) groups is 1. The molecule has 0 amide bonds. The fourth-order valence-corrected chi connectivity index (χ4v) is 3.25. The number of furan rings is 1. The van der Waals surface area contributed by atoms with Crippen molar-refractivity contribution in [1.29, 1.82) is 0 Å². The third-order valence-corrected chi connectivity index (χ3v) is 4.59. The molecule has 1 saturated heterocycles. The van der Waals surface area contributed by atoms with E-state index in [9.17, 15) is 5.11 Å². The van der Waals surface area contributed by atoms with Gasteiger partial charge in [-0.3, -0.25) is 4.99 Å². The number of rotatable bonds is 7. The summed E-state index contributed by atoms with van der Waals surface area (Å²) in [6.45, 7) is 4.84. The zero-order valence-electron chi connectivity index (χ0n) is 16.3. The van der Waals surface area contributed by atoms with Gasteiger partial charge in [0.25, 0.3) is 0 Å². The Morgan fingerprint density at radius 2 is 2.18 bits per heavy atom. The Kier molecular flexibility index (Phi) is 8.91. The number of hydrogen-bond acceptors (Lipinski definition) is 5. The molecule has 0 saturated carbocycles. The van der Waals surface area contributed by atoms with Crippen LogP contribution in [0.3, 0.4) is 0 Å². The maximum absolute atomic E-state index is 10.2. The topological polar surface area (TPSA) is 82.3 Å². The molecule has 8 heteroatoms. The van der Waals surface area contributed by atoms with Crippen molar-refractivity contribution in [2.75, 3.05) is 38.2 Å². The minimum atomic E-state index is -0.746. The average molecular weight is 500 g/mol. The Morgan fingerprint density at radius 3 is 2.89 bits per heavy atom. The van der Waals surface area contributed by atoms with E-state index in [1.807, 2.05) is 25.1 Å². The predicted octanol–water partition coefficient (Wildman–Crippen LogP) is 2.77. The molecule has 3 rings (SSSR count). The quantitative estimate of drug-likeness (QED) is 0.308. The summed E-state index contributed by atoms with van der Waals surface area (Å²) in [7, 11) is 1.70. The van der Waals surface area contributed by atoms with E-state index in [0.29, 0.717) is 11.7 Å². The van der Waals surface area contributed by atoms with Crippen LogP contribution in [0, 0.1) is 0 Å². The largest absolute Gasteiger partial charge is 0.495 e. The van der Waals surface area contributed by atoms with Gasteiger partial charge in [0.15, 0.2) is 5.96 Å². The van der Waals surface area contributed by atoms with E-state index in [2.05, 4.69) is 26.6 Å². The lowest BCUT2D eigenvalue weighted by molar-refractivity contribution is 0.158. The molecule has 0 bridgehead atoms. The Hall–Kier alpha value is -1.94. The van der Waals surface area contributed by atoms with Gasteiger partial charge in [-0.1, -0.05) is 12.1 Å². The normalized spacial score (nSPS) is 17.8. The molecule has 28 heavy (non-hydrogen) atoms. The van der Waals surface area contributed by atoms with E-state index in [0.717, 1.165) is 37.5 Å². The van der Waals surface area contributed by atoms with Gasteiger partial charge in [0.1, 0.15) is 17.6 Å². The summed E-state index contributed by atoms with van der Waals surface area (Å²) in [5, 5.41) is 16.9. The standard InChI is InChI=1S/C20H28N4O3.HI/c1-3-21-20(22-13-17(25)19-9-6-12-27-19)23-15-10-11-24(14-15)16-7-4-5-8-18(16)26-2;/h4-9,12,15,17,25H,3,10-11,13-14H2,1-2H3,(H2,21,22,23);1H. The molecule has 1 aliphatic heterocycles. The third kappa shape index (κ3) is 5.78. The van der Waals surface area contributed by atoms with Crippen molar-refractivity contribution < 1.29 is 14.3 Å². The molecular weight excluding hydrogens is 471 g/mol. The number of methoxy groups -OCH3 is 1. The highest BCUT2D eigenvalue weighted by molar-refractivity contribution is 14.0. The average Bonchev–Trinajstić information content (AvgIpc) is 3.38. The first-order chi connectivity index (χ1) is 13.2. The van der Waals surface area contributed by atoms with Gasteiger partial charge in [0, 0.05) is 25.7 Å². The summed E-state index contributed by atoms with van der Waals surface area (Å²) in [4.78, 5) is 6.82. The van der Waals surface area contributed by atoms with Crippen LogP contribution in [0.15, 0.2) is 52.1 Å². The highest BCUT2D eigenvalue weighted by atomic mass is 127. The first kappa shape index (κ1) is 22.4. The van der Waals surface area contributed by atoms with E-state index in [-0.39, 0.29) is 36.6 Å². The summed E-state index contributed by atoms with van der Waals surface area (Å²) < 4.78 is 10.7. The van der Waals surface area contributed by atoms with Gasteiger partial charge in [0.2, 0.25) is 0 Å². The Labute approximate surface area is 183 Å². The first-order valence-electron chi connectivity index (χ1n) is 9.35. The lowest BCUT2D eigenvalue weighted by Gasteiger charge is -2.22. The number of anilines is 1. The molecule has 2 heterocycles. The van der Waals surface area contributed by atoms with Gasteiger partial charge in [-0.05, 0) is 37.6 Å². The minimum absolute atomic E-state index is 0. The van der Waals surface area contributed by atoms with Crippen LogP contribution in [0.2, 0.25) is 0 Å². The summed E-state index contributed by atoms with van der Waals surface area (Å²) in [6.07, 6.45) is 1.81. The maximum atomic E-state index is 10.2. The maximum Gasteiger partial charge on any atom is 0.191 e. The summed E-state index contributed by atoms with van der Waals surface area (Å²) in [6, 6.07) is 11.9. The monoisotopic (exact) mass is 500 g/mol. The first-order valence-corrected chi connectivity index (χ1v) is 9.35. The van der Waals surface area contributed by atoms with Crippen LogP contribution >= 0.6 is 24.0 Å². The van der Waals surface area contributed by atoms with Crippen LogP contribution in [-0.4, -0.2) is 50.4 Å². The summed E-state index contributed by atoms with van der Waals surface area (Å²) in [5.41, 5.74) is 1.11. The molecule has 2 unspecified atom stereocenters. The number of guanidine groups is 1. The molecule has 7 nitrogen and oxygen atoms in total. The summed E-state index contributed by atoms with van der Waals surface area (Å²) >= 11 is 0. The van der Waals surface area contributed by atoms with Gasteiger partial charge >= 0.3 is 0 Å². The number of ether oxygens (including phenoxy) is 1. The Bertz CT molecular complexity index is 739. The fraction of sp³-hybridized carbons (Fsp3) is 0.450. The van der Waals surface area contributed by atoms with Crippen LogP contribution in [0.4, 0.5) is 5.69 Å². The van der Waals surface area contributed by atoms with Crippen LogP contribution < -0.4 is 20.3 Å². The van der Waals surface area contributed by atoms with E-state index < -0.39 is 6.10 Å². The number of nitrogens with one attached hydrogen (secondary N) is 2. The Morgan fingerprint density at radius 1 is 1.36 bits per heavy atom. The second-order valence-corrected chi connectivity index (χ2v) is 6.50. The number of nitrogens with zero attached hydrogens (tertiary/aromatic N) is 2. The molecule has 1 aromatic heterocycles. The van der Waals surface area contributed by atoms with Gasteiger partial charge in [-0.25, -0.2) is 0 Å². The molecule has 3 N–H and O–H groups in total. The number of aliphatic hydroxyl groups excluding tert-OH is 1. The molecule has 0 aliphatic carbocycles. The lowest BCUT2D eigenvalue weighted by Crippen LogP contribution is -2.44. The third-order valence-electron chi connectivity index (χ3n) is 4.59. The molecular formula is C20H29IN4O3. The van der Waals surface area contributed by atoms with Crippen molar-refractivity contribution in [3.8, 4) is 5.75 Å². The zero-order valence-corrected chi connectivity index (χ0v) is 18.6. The van der Waals surface area contributed by atoms with Gasteiger partial charge in [-0.2, -0.15) is 0 Å². The number of halogens is 1. The van der Waals surface area contributed by atoms with Crippen molar-refractivity contribution in [3.05, 3.63) is 48.4 Å². The van der Waals surface area contributed by atoms with E-state index in [1.54, 1.807) is 25.5 Å². The molecule has 2 aromatic rings. The number of benzene rings is 1. The second kappa shape index (κ2) is 11.2. The van der Waals surface area contributed by atoms with Crippen LogP contribution in [0.25, 0.3) is 0 Å². The minimum Gasteiger partial charge on any atom is -0.495 e. The van der Waals surface area contributed by atoms with Crippen molar-refractivity contribution in [3.63, 3.8) is 0 Å². The van der Waals surface area contributed by atoms with Gasteiger partial charge in [0.05, 0.1) is 25.6 Å². The zero-order chi connectivity index (χ0) is 19.1. The fourth-order valence-electron chi connectivity index (χ4n) is 3.25. The van der Waals surface area contributed by atoms with E-state index in [1.165, 1.54) is 0 Å². The molecule has 1 aromatic carbocycles. The van der Waals surface area contributed by atoms with Gasteiger partial charge in [-0.15, -0.1) is 24.0 Å². The predicted molar refractivity (Wildman–Crippen MR) is 122 cm³/mol. The van der Waals surface area contributed by atoms with E-state index in [4.69, 9.17) is 9.15 Å². The Balaban J connectivity index is 0.00000280. The lowest BCUT2D eigenvalue weighted by atomic mass is 10.2. The van der Waals surface area contributed by atoms with E-state index >= 15 is 0 Å². The van der Waals surface area contributed by atoms with Crippen LogP contribution in [0.5, 0.6) is 5.75 Å². The molecule has 0 radical (unpaired) electrons.